The molecule has 0 aromatic heterocycles. The van der Waals surface area contributed by atoms with E-state index in [4.69, 9.17) is 28.9 Å². The van der Waals surface area contributed by atoms with Gasteiger partial charge in [0, 0.05) is 40.4 Å². The van der Waals surface area contributed by atoms with Crippen LogP contribution in [0.2, 0.25) is 10.0 Å². The van der Waals surface area contributed by atoms with Crippen LogP contribution in [-0.2, 0) is 11.3 Å². The SMILES string of the molecule is Nc1ccc(Cl)cc1C(=O)NCC(=O)N[C@H]1C[C@H]2CC[C@@H](C1)N2Cc1ccc(Cl)cc1. The second-order valence-corrected chi connectivity index (χ2v) is 9.21. The molecule has 8 heteroatoms. The summed E-state index contributed by atoms with van der Waals surface area (Å²) >= 11 is 11.9. The van der Waals surface area contributed by atoms with Gasteiger partial charge in [-0.1, -0.05) is 35.3 Å². The molecular weight excluding hydrogens is 435 g/mol. The fourth-order valence-electron chi connectivity index (χ4n) is 4.71. The predicted octanol–water partition coefficient (Wildman–Crippen LogP) is 3.62. The van der Waals surface area contributed by atoms with Gasteiger partial charge in [-0.05, 0) is 61.6 Å². The number of hydrogen-bond donors (Lipinski definition) is 3. The van der Waals surface area contributed by atoms with Gasteiger partial charge in [-0.2, -0.15) is 0 Å². The normalized spacial score (nSPS) is 22.8. The summed E-state index contributed by atoms with van der Waals surface area (Å²) < 4.78 is 0. The van der Waals surface area contributed by atoms with Crippen LogP contribution in [0.25, 0.3) is 0 Å². The number of nitrogen functional groups attached to an aromatic ring is 1. The van der Waals surface area contributed by atoms with E-state index in [9.17, 15) is 9.59 Å². The number of anilines is 1. The summed E-state index contributed by atoms with van der Waals surface area (Å²) in [5.74, 6) is -0.600. The Kier molecular flexibility index (Phi) is 6.70. The minimum atomic E-state index is -0.409. The third kappa shape index (κ3) is 5.32. The summed E-state index contributed by atoms with van der Waals surface area (Å²) in [6.07, 6.45) is 4.14. The van der Waals surface area contributed by atoms with Crippen LogP contribution in [-0.4, -0.2) is 41.4 Å². The first-order chi connectivity index (χ1) is 14.9. The first-order valence-electron chi connectivity index (χ1n) is 10.5. The Hall–Kier alpha value is -2.28. The van der Waals surface area contributed by atoms with Crippen molar-refractivity contribution in [2.24, 2.45) is 0 Å². The van der Waals surface area contributed by atoms with Gasteiger partial charge in [-0.15, -0.1) is 0 Å². The number of halogens is 2. The molecule has 164 valence electrons. The molecule has 2 bridgehead atoms. The van der Waals surface area contributed by atoms with E-state index >= 15 is 0 Å². The lowest BCUT2D eigenvalue weighted by molar-refractivity contribution is -0.121. The quantitative estimate of drug-likeness (QED) is 0.574. The van der Waals surface area contributed by atoms with Crippen LogP contribution in [0, 0.1) is 0 Å². The van der Waals surface area contributed by atoms with Crippen molar-refractivity contribution >= 4 is 40.7 Å². The first-order valence-corrected chi connectivity index (χ1v) is 11.3. The molecule has 2 aromatic rings. The number of amides is 2. The molecule has 4 N–H and O–H groups in total. The fourth-order valence-corrected chi connectivity index (χ4v) is 5.01. The molecule has 2 amide bonds. The van der Waals surface area contributed by atoms with Gasteiger partial charge < -0.3 is 16.4 Å². The van der Waals surface area contributed by atoms with E-state index in [1.54, 1.807) is 12.1 Å². The Morgan fingerprint density at radius 1 is 1.00 bits per heavy atom. The van der Waals surface area contributed by atoms with Gasteiger partial charge in [-0.25, -0.2) is 0 Å². The Labute approximate surface area is 192 Å². The van der Waals surface area contributed by atoms with Crippen LogP contribution < -0.4 is 16.4 Å². The maximum absolute atomic E-state index is 12.4. The van der Waals surface area contributed by atoms with Crippen molar-refractivity contribution in [1.29, 1.82) is 0 Å². The largest absolute Gasteiger partial charge is 0.398 e. The monoisotopic (exact) mass is 460 g/mol. The lowest BCUT2D eigenvalue weighted by Crippen LogP contribution is -2.51. The minimum absolute atomic E-state index is 0.0922. The number of benzene rings is 2. The Bertz CT molecular complexity index is 953. The van der Waals surface area contributed by atoms with Gasteiger partial charge in [0.1, 0.15) is 0 Å². The van der Waals surface area contributed by atoms with Gasteiger partial charge in [0.05, 0.1) is 12.1 Å². The van der Waals surface area contributed by atoms with E-state index in [2.05, 4.69) is 27.7 Å². The summed E-state index contributed by atoms with van der Waals surface area (Å²) in [5.41, 5.74) is 7.68. The Balaban J connectivity index is 1.27. The van der Waals surface area contributed by atoms with Crippen molar-refractivity contribution in [2.45, 2.75) is 50.4 Å². The van der Waals surface area contributed by atoms with Gasteiger partial charge in [0.25, 0.3) is 5.91 Å². The molecule has 2 aromatic carbocycles. The number of carbonyl (C=O) groups is 2. The van der Waals surface area contributed by atoms with Crippen molar-refractivity contribution in [3.8, 4) is 0 Å². The van der Waals surface area contributed by atoms with Crippen molar-refractivity contribution in [3.05, 3.63) is 63.6 Å². The molecule has 31 heavy (non-hydrogen) atoms. The van der Waals surface area contributed by atoms with Crippen molar-refractivity contribution in [1.82, 2.24) is 15.5 Å². The lowest BCUT2D eigenvalue weighted by atomic mass is 9.96. The van der Waals surface area contributed by atoms with Gasteiger partial charge in [-0.3, -0.25) is 14.5 Å². The number of carbonyl (C=O) groups excluding carboxylic acids is 2. The van der Waals surface area contributed by atoms with E-state index in [0.29, 0.717) is 22.8 Å². The third-order valence-corrected chi connectivity index (χ3v) is 6.68. The van der Waals surface area contributed by atoms with Crippen molar-refractivity contribution in [2.75, 3.05) is 12.3 Å². The van der Waals surface area contributed by atoms with Crippen LogP contribution in [0.5, 0.6) is 0 Å². The average molecular weight is 461 g/mol. The highest BCUT2D eigenvalue weighted by Crippen LogP contribution is 2.37. The first kappa shape index (κ1) is 21.9. The molecule has 4 rings (SSSR count). The average Bonchev–Trinajstić information content (AvgIpc) is 2.97. The summed E-state index contributed by atoms with van der Waals surface area (Å²) in [5, 5.41) is 6.89. The summed E-state index contributed by atoms with van der Waals surface area (Å²) in [6, 6.07) is 13.7. The molecule has 2 fully saturated rings. The maximum Gasteiger partial charge on any atom is 0.253 e. The molecule has 3 atom stereocenters. The molecule has 6 nitrogen and oxygen atoms in total. The predicted molar refractivity (Wildman–Crippen MR) is 123 cm³/mol. The van der Waals surface area contributed by atoms with Crippen molar-refractivity contribution in [3.63, 3.8) is 0 Å². The smallest absolute Gasteiger partial charge is 0.253 e. The van der Waals surface area contributed by atoms with Gasteiger partial charge in [0.2, 0.25) is 5.91 Å². The van der Waals surface area contributed by atoms with E-state index in [1.165, 1.54) is 11.6 Å². The number of nitrogens with two attached hydrogens (primary N) is 1. The molecule has 2 saturated heterocycles. The Morgan fingerprint density at radius 3 is 2.32 bits per heavy atom. The van der Waals surface area contributed by atoms with E-state index in [0.717, 1.165) is 37.3 Å². The molecule has 0 spiro atoms. The highest BCUT2D eigenvalue weighted by atomic mass is 35.5. The van der Waals surface area contributed by atoms with Crippen LogP contribution >= 0.6 is 23.2 Å². The minimum Gasteiger partial charge on any atom is -0.398 e. The van der Waals surface area contributed by atoms with Crippen LogP contribution in [0.3, 0.4) is 0 Å². The number of hydrogen-bond acceptors (Lipinski definition) is 4. The zero-order valence-electron chi connectivity index (χ0n) is 17.1. The highest BCUT2D eigenvalue weighted by Gasteiger charge is 2.40. The number of rotatable bonds is 6. The molecule has 0 saturated carbocycles. The molecule has 0 radical (unpaired) electrons. The summed E-state index contributed by atoms with van der Waals surface area (Å²) in [7, 11) is 0. The van der Waals surface area contributed by atoms with E-state index < -0.39 is 5.91 Å². The molecule has 2 aliphatic heterocycles. The zero-order chi connectivity index (χ0) is 22.0. The third-order valence-electron chi connectivity index (χ3n) is 6.20. The number of fused-ring (bicyclic) bond motifs is 2. The molecule has 2 heterocycles. The van der Waals surface area contributed by atoms with Crippen LogP contribution in [0.15, 0.2) is 42.5 Å². The van der Waals surface area contributed by atoms with Crippen LogP contribution in [0.4, 0.5) is 5.69 Å². The maximum atomic E-state index is 12.4. The molecule has 2 aliphatic rings. The molecule has 0 unspecified atom stereocenters. The molecule has 0 aliphatic carbocycles. The second-order valence-electron chi connectivity index (χ2n) is 8.33. The Morgan fingerprint density at radius 2 is 1.65 bits per heavy atom. The fraction of sp³-hybridized carbons (Fsp3) is 0.391. The lowest BCUT2D eigenvalue weighted by Gasteiger charge is -2.39. The summed E-state index contributed by atoms with van der Waals surface area (Å²) in [4.78, 5) is 27.3. The topological polar surface area (TPSA) is 87.5 Å². The van der Waals surface area contributed by atoms with Crippen LogP contribution in [0.1, 0.15) is 41.6 Å². The van der Waals surface area contributed by atoms with Crippen molar-refractivity contribution < 1.29 is 9.59 Å². The number of nitrogens with zero attached hydrogens (tertiary/aromatic N) is 1. The standard InChI is InChI=1S/C23H26Cl2N4O2/c24-15-3-1-14(2-4-15)13-29-18-6-7-19(29)11-17(10-18)28-22(30)12-27-23(31)20-9-16(25)5-8-21(20)26/h1-5,8-9,17-19H,6-7,10-13,26H2,(H,27,31)(H,28,30)/t17-,18+,19-. The number of piperidine rings is 1. The van der Waals surface area contributed by atoms with Gasteiger partial charge >= 0.3 is 0 Å². The van der Waals surface area contributed by atoms with E-state index in [1.807, 2.05) is 12.1 Å². The highest BCUT2D eigenvalue weighted by molar-refractivity contribution is 6.31. The number of nitrogens with one attached hydrogen (secondary N) is 2. The molecular formula is C23H26Cl2N4O2. The zero-order valence-corrected chi connectivity index (χ0v) is 18.6. The van der Waals surface area contributed by atoms with Gasteiger partial charge in [0.15, 0.2) is 0 Å². The summed E-state index contributed by atoms with van der Waals surface area (Å²) in [6.45, 7) is 0.815. The van der Waals surface area contributed by atoms with E-state index in [-0.39, 0.29) is 24.1 Å². The second kappa shape index (κ2) is 9.47.